The van der Waals surface area contributed by atoms with Crippen LogP contribution in [0.1, 0.15) is 41.3 Å². The Kier molecular flexibility index (Phi) is 5.82. The normalized spacial score (nSPS) is 10.8. The first-order chi connectivity index (χ1) is 12.9. The van der Waals surface area contributed by atoms with Crippen molar-refractivity contribution in [1.82, 2.24) is 5.32 Å². The summed E-state index contributed by atoms with van der Waals surface area (Å²) in [6.07, 6.45) is 0. The van der Waals surface area contributed by atoms with Gasteiger partial charge in [-0.3, -0.25) is 4.79 Å². The molecular weight excluding hydrogens is 358 g/mol. The summed E-state index contributed by atoms with van der Waals surface area (Å²) in [5.74, 6) is 0.0242. The van der Waals surface area contributed by atoms with E-state index in [1.54, 1.807) is 6.07 Å². The second kappa shape index (κ2) is 8.28. The fourth-order valence-electron chi connectivity index (χ4n) is 2.91. The van der Waals surface area contributed by atoms with Crippen LogP contribution in [0, 0.1) is 0 Å². The number of carbonyl (C=O) groups excluding carboxylic acids is 1. The van der Waals surface area contributed by atoms with Gasteiger partial charge in [0.05, 0.1) is 5.56 Å². The zero-order chi connectivity index (χ0) is 19.4. The van der Waals surface area contributed by atoms with Gasteiger partial charge in [0.1, 0.15) is 5.75 Å². The lowest BCUT2D eigenvalue weighted by atomic mass is 9.96. The standard InChI is InChI=1S/C23H22ClNO2/c1-15(2)17-6-4-8-19(12-17)18-7-3-5-16(11-18)14-25-23(27)21-13-20(24)9-10-22(21)26/h3-13,15,26H,14H2,1-2H3,(H,25,27). The van der Waals surface area contributed by atoms with Crippen molar-refractivity contribution in [2.24, 2.45) is 0 Å². The molecule has 0 fully saturated rings. The highest BCUT2D eigenvalue weighted by Gasteiger charge is 2.11. The van der Waals surface area contributed by atoms with Crippen molar-refractivity contribution >= 4 is 17.5 Å². The van der Waals surface area contributed by atoms with E-state index >= 15 is 0 Å². The summed E-state index contributed by atoms with van der Waals surface area (Å²) in [5, 5.41) is 13.1. The molecule has 0 heterocycles. The lowest BCUT2D eigenvalue weighted by Gasteiger charge is -2.11. The van der Waals surface area contributed by atoms with E-state index in [9.17, 15) is 9.90 Å². The van der Waals surface area contributed by atoms with Gasteiger partial charge in [-0.1, -0.05) is 67.9 Å². The molecule has 0 aliphatic carbocycles. The minimum absolute atomic E-state index is 0.0869. The van der Waals surface area contributed by atoms with Gasteiger partial charge in [-0.25, -0.2) is 0 Å². The Morgan fingerprint density at radius 1 is 1.00 bits per heavy atom. The number of phenolic OH excluding ortho intramolecular Hbond substituents is 1. The molecule has 4 heteroatoms. The topological polar surface area (TPSA) is 49.3 Å². The largest absolute Gasteiger partial charge is 0.507 e. The van der Waals surface area contributed by atoms with E-state index in [2.05, 4.69) is 55.6 Å². The van der Waals surface area contributed by atoms with E-state index in [-0.39, 0.29) is 17.2 Å². The Balaban J connectivity index is 1.75. The van der Waals surface area contributed by atoms with E-state index in [1.807, 2.05) is 12.1 Å². The molecule has 3 aromatic rings. The van der Waals surface area contributed by atoms with Crippen LogP contribution in [0.2, 0.25) is 5.02 Å². The minimum Gasteiger partial charge on any atom is -0.507 e. The number of phenols is 1. The van der Waals surface area contributed by atoms with Crippen molar-refractivity contribution in [1.29, 1.82) is 0 Å². The number of nitrogens with one attached hydrogen (secondary N) is 1. The third-order valence-corrected chi connectivity index (χ3v) is 4.71. The van der Waals surface area contributed by atoms with Crippen molar-refractivity contribution in [3.05, 3.63) is 88.4 Å². The molecular formula is C23H22ClNO2. The van der Waals surface area contributed by atoms with Gasteiger partial charge in [0.15, 0.2) is 0 Å². The molecule has 0 atom stereocenters. The van der Waals surface area contributed by atoms with Gasteiger partial charge in [-0.2, -0.15) is 0 Å². The Morgan fingerprint density at radius 2 is 1.70 bits per heavy atom. The highest BCUT2D eigenvalue weighted by atomic mass is 35.5. The minimum atomic E-state index is -0.359. The van der Waals surface area contributed by atoms with Gasteiger partial charge in [-0.15, -0.1) is 0 Å². The second-order valence-corrected chi connectivity index (χ2v) is 7.26. The number of hydrogen-bond donors (Lipinski definition) is 2. The molecule has 0 aromatic heterocycles. The quantitative estimate of drug-likeness (QED) is 0.591. The number of amides is 1. The Labute approximate surface area is 164 Å². The first kappa shape index (κ1) is 19.0. The van der Waals surface area contributed by atoms with Crippen LogP contribution >= 0.6 is 11.6 Å². The number of rotatable bonds is 5. The number of aromatic hydroxyl groups is 1. The van der Waals surface area contributed by atoms with E-state index in [4.69, 9.17) is 11.6 Å². The monoisotopic (exact) mass is 379 g/mol. The SMILES string of the molecule is CC(C)c1cccc(-c2cccc(CNC(=O)c3cc(Cl)ccc3O)c2)c1. The molecule has 0 saturated carbocycles. The predicted octanol–water partition coefficient (Wildman–Crippen LogP) is 5.77. The van der Waals surface area contributed by atoms with Crippen LogP contribution in [0.15, 0.2) is 66.7 Å². The van der Waals surface area contributed by atoms with Gasteiger partial charge < -0.3 is 10.4 Å². The molecule has 1 amide bonds. The molecule has 3 nitrogen and oxygen atoms in total. The zero-order valence-electron chi connectivity index (χ0n) is 15.4. The molecule has 3 aromatic carbocycles. The van der Waals surface area contributed by atoms with Crippen molar-refractivity contribution in [2.75, 3.05) is 0 Å². The van der Waals surface area contributed by atoms with Crippen LogP contribution < -0.4 is 5.32 Å². The zero-order valence-corrected chi connectivity index (χ0v) is 16.1. The lowest BCUT2D eigenvalue weighted by molar-refractivity contribution is 0.0948. The average Bonchev–Trinajstić information content (AvgIpc) is 2.68. The average molecular weight is 380 g/mol. The third-order valence-electron chi connectivity index (χ3n) is 4.47. The summed E-state index contributed by atoms with van der Waals surface area (Å²) in [6, 6.07) is 21.0. The maximum Gasteiger partial charge on any atom is 0.255 e. The first-order valence-electron chi connectivity index (χ1n) is 8.90. The van der Waals surface area contributed by atoms with Gasteiger partial charge >= 0.3 is 0 Å². The van der Waals surface area contributed by atoms with E-state index in [1.165, 1.54) is 17.7 Å². The van der Waals surface area contributed by atoms with Gasteiger partial charge in [0.25, 0.3) is 5.91 Å². The molecule has 27 heavy (non-hydrogen) atoms. The highest BCUT2D eigenvalue weighted by molar-refractivity contribution is 6.31. The van der Waals surface area contributed by atoms with E-state index < -0.39 is 0 Å². The molecule has 3 rings (SSSR count). The summed E-state index contributed by atoms with van der Waals surface area (Å²) >= 11 is 5.91. The molecule has 0 spiro atoms. The summed E-state index contributed by atoms with van der Waals surface area (Å²) in [4.78, 5) is 12.3. The fraction of sp³-hybridized carbons (Fsp3) is 0.174. The smallest absolute Gasteiger partial charge is 0.255 e. The first-order valence-corrected chi connectivity index (χ1v) is 9.28. The van der Waals surface area contributed by atoms with Crippen LogP contribution in [0.3, 0.4) is 0 Å². The summed E-state index contributed by atoms with van der Waals surface area (Å²) in [7, 11) is 0. The van der Waals surface area contributed by atoms with Crippen molar-refractivity contribution in [2.45, 2.75) is 26.3 Å². The maximum absolute atomic E-state index is 12.3. The number of benzene rings is 3. The maximum atomic E-state index is 12.3. The van der Waals surface area contributed by atoms with E-state index in [0.29, 0.717) is 17.5 Å². The van der Waals surface area contributed by atoms with Crippen molar-refractivity contribution in [3.63, 3.8) is 0 Å². The second-order valence-electron chi connectivity index (χ2n) is 6.82. The summed E-state index contributed by atoms with van der Waals surface area (Å²) in [6.45, 7) is 4.72. The molecule has 0 bridgehead atoms. The molecule has 0 saturated heterocycles. The molecule has 138 valence electrons. The van der Waals surface area contributed by atoms with Crippen LogP contribution in [0.4, 0.5) is 0 Å². The highest BCUT2D eigenvalue weighted by Crippen LogP contribution is 2.25. The Bertz CT molecular complexity index is 966. The van der Waals surface area contributed by atoms with Crippen LogP contribution in [-0.4, -0.2) is 11.0 Å². The molecule has 0 unspecified atom stereocenters. The van der Waals surface area contributed by atoms with Gasteiger partial charge in [0, 0.05) is 11.6 Å². The van der Waals surface area contributed by atoms with Gasteiger partial charge in [-0.05, 0) is 52.4 Å². The van der Waals surface area contributed by atoms with E-state index in [0.717, 1.165) is 16.7 Å². The van der Waals surface area contributed by atoms with Crippen molar-refractivity contribution < 1.29 is 9.90 Å². The Morgan fingerprint density at radius 3 is 2.44 bits per heavy atom. The summed E-state index contributed by atoms with van der Waals surface area (Å²) < 4.78 is 0. The van der Waals surface area contributed by atoms with Gasteiger partial charge in [0.2, 0.25) is 0 Å². The number of halogens is 1. The molecule has 0 radical (unpaired) electrons. The predicted molar refractivity (Wildman–Crippen MR) is 110 cm³/mol. The van der Waals surface area contributed by atoms with Crippen molar-refractivity contribution in [3.8, 4) is 16.9 Å². The van der Waals surface area contributed by atoms with Crippen LogP contribution in [-0.2, 0) is 6.54 Å². The van der Waals surface area contributed by atoms with Crippen LogP contribution in [0.25, 0.3) is 11.1 Å². The Hall–Kier alpha value is -2.78. The van der Waals surface area contributed by atoms with Crippen LogP contribution in [0.5, 0.6) is 5.75 Å². The third kappa shape index (κ3) is 4.69. The number of hydrogen-bond acceptors (Lipinski definition) is 2. The lowest BCUT2D eigenvalue weighted by Crippen LogP contribution is -2.22. The molecule has 2 N–H and O–H groups in total. The number of carbonyl (C=O) groups is 1. The fourth-order valence-corrected chi connectivity index (χ4v) is 3.08. The molecule has 0 aliphatic heterocycles. The summed E-state index contributed by atoms with van der Waals surface area (Å²) in [5.41, 5.74) is 4.71. The molecule has 0 aliphatic rings.